The summed E-state index contributed by atoms with van der Waals surface area (Å²) >= 11 is 0. The van der Waals surface area contributed by atoms with E-state index in [-0.39, 0.29) is 0 Å². The Kier molecular flexibility index (Phi) is 5.48. The lowest BCUT2D eigenvalue weighted by Gasteiger charge is -2.20. The molecule has 0 amide bonds. The first-order valence-electron chi connectivity index (χ1n) is 6.48. The summed E-state index contributed by atoms with van der Waals surface area (Å²) in [6.45, 7) is 8.50. The minimum absolute atomic E-state index is 0.440. The fourth-order valence-electron chi connectivity index (χ4n) is 1.98. The highest BCUT2D eigenvalue weighted by molar-refractivity contribution is 5.29. The maximum atomic E-state index is 4.54. The Labute approximate surface area is 105 Å². The largest absolute Gasteiger partial charge is 0.356 e. The van der Waals surface area contributed by atoms with Crippen molar-refractivity contribution in [2.75, 3.05) is 32.5 Å². The van der Waals surface area contributed by atoms with E-state index in [9.17, 15) is 0 Å². The summed E-state index contributed by atoms with van der Waals surface area (Å²) in [6, 6.07) is 0.440. The van der Waals surface area contributed by atoms with Crippen LogP contribution in [0, 0.1) is 6.92 Å². The molecule has 1 rings (SSSR count). The Bertz CT molecular complexity index is 330. The van der Waals surface area contributed by atoms with Gasteiger partial charge in [-0.3, -0.25) is 0 Å². The molecule has 0 saturated carbocycles. The zero-order chi connectivity index (χ0) is 12.8. The molecule has 1 atom stereocenters. The molecule has 17 heavy (non-hydrogen) atoms. The summed E-state index contributed by atoms with van der Waals surface area (Å²) in [5.41, 5.74) is 1.08. The van der Waals surface area contributed by atoms with Crippen LogP contribution >= 0.6 is 0 Å². The fourth-order valence-corrected chi connectivity index (χ4v) is 1.98. The number of likely N-dealkylation sites (N-methyl/N-ethyl adjacent to an activating group) is 1. The number of aromatic nitrogens is 2. The summed E-state index contributed by atoms with van der Waals surface area (Å²) in [7, 11) is 4.20. The molecule has 1 aromatic heterocycles. The van der Waals surface area contributed by atoms with Crippen LogP contribution in [-0.2, 0) is 0 Å². The average Bonchev–Trinajstić information content (AvgIpc) is 2.59. The van der Waals surface area contributed by atoms with Crippen LogP contribution in [0.25, 0.3) is 0 Å². The monoisotopic (exact) mass is 238 g/mol. The molecule has 0 aliphatic carbocycles. The summed E-state index contributed by atoms with van der Waals surface area (Å²) in [5.74, 6) is 1.00. The lowest BCUT2D eigenvalue weighted by Crippen LogP contribution is -2.23. The van der Waals surface area contributed by atoms with Crippen LogP contribution in [0.5, 0.6) is 0 Å². The van der Waals surface area contributed by atoms with Gasteiger partial charge in [0, 0.05) is 25.3 Å². The van der Waals surface area contributed by atoms with Gasteiger partial charge < -0.3 is 14.8 Å². The van der Waals surface area contributed by atoms with Crippen LogP contribution in [0.4, 0.5) is 5.95 Å². The van der Waals surface area contributed by atoms with Crippen molar-refractivity contribution in [1.29, 1.82) is 0 Å². The van der Waals surface area contributed by atoms with E-state index in [1.807, 2.05) is 6.92 Å². The molecule has 98 valence electrons. The molecule has 0 saturated heterocycles. The third-order valence-electron chi connectivity index (χ3n) is 2.77. The number of hydrogen-bond donors (Lipinski definition) is 1. The van der Waals surface area contributed by atoms with Gasteiger partial charge in [0.2, 0.25) is 5.95 Å². The number of nitrogens with one attached hydrogen (secondary N) is 1. The molecule has 4 heteroatoms. The number of imidazole rings is 1. The molecule has 0 spiro atoms. The lowest BCUT2D eigenvalue weighted by atomic mass is 10.3. The minimum Gasteiger partial charge on any atom is -0.356 e. The van der Waals surface area contributed by atoms with Gasteiger partial charge in [-0.05, 0) is 34.4 Å². The first-order valence-corrected chi connectivity index (χ1v) is 6.48. The molecule has 1 unspecified atom stereocenters. The van der Waals surface area contributed by atoms with Gasteiger partial charge in [0.1, 0.15) is 0 Å². The van der Waals surface area contributed by atoms with Gasteiger partial charge in [0.15, 0.2) is 0 Å². The van der Waals surface area contributed by atoms with Crippen molar-refractivity contribution in [3.05, 3.63) is 11.9 Å². The molecule has 0 aliphatic heterocycles. The highest BCUT2D eigenvalue weighted by Crippen LogP contribution is 2.16. The van der Waals surface area contributed by atoms with E-state index < -0.39 is 0 Å². The number of rotatable bonds is 7. The standard InChI is InChI=1S/C13H26N4/c1-6-7-8-14-13-15-11(2)9-17(13)12(3)10-16(4)5/h9,12H,6-8,10H2,1-5H3,(H,14,15). The molecule has 0 aromatic carbocycles. The van der Waals surface area contributed by atoms with Crippen LogP contribution in [-0.4, -0.2) is 41.6 Å². The third-order valence-corrected chi connectivity index (χ3v) is 2.77. The number of nitrogens with zero attached hydrogens (tertiary/aromatic N) is 3. The van der Waals surface area contributed by atoms with Gasteiger partial charge in [0.25, 0.3) is 0 Å². The SMILES string of the molecule is CCCCNc1nc(C)cn1C(C)CN(C)C. The predicted octanol–water partition coefficient (Wildman–Crippen LogP) is 2.53. The Hall–Kier alpha value is -1.03. The van der Waals surface area contributed by atoms with Crippen molar-refractivity contribution in [2.45, 2.75) is 39.7 Å². The number of unbranched alkanes of at least 4 members (excludes halogenated alkanes) is 1. The second kappa shape index (κ2) is 6.64. The van der Waals surface area contributed by atoms with E-state index >= 15 is 0 Å². The second-order valence-corrected chi connectivity index (χ2v) is 5.00. The van der Waals surface area contributed by atoms with E-state index in [1.54, 1.807) is 0 Å². The van der Waals surface area contributed by atoms with Gasteiger partial charge in [-0.2, -0.15) is 0 Å². The normalized spacial score (nSPS) is 13.1. The Morgan fingerprint density at radius 3 is 2.76 bits per heavy atom. The van der Waals surface area contributed by atoms with E-state index in [0.29, 0.717) is 6.04 Å². The zero-order valence-electron chi connectivity index (χ0n) is 11.8. The van der Waals surface area contributed by atoms with Crippen molar-refractivity contribution in [1.82, 2.24) is 14.5 Å². The zero-order valence-corrected chi connectivity index (χ0v) is 11.8. The average molecular weight is 238 g/mol. The fraction of sp³-hybridized carbons (Fsp3) is 0.769. The first-order chi connectivity index (χ1) is 8.04. The summed E-state index contributed by atoms with van der Waals surface area (Å²) in [5, 5.41) is 3.42. The highest BCUT2D eigenvalue weighted by Gasteiger charge is 2.12. The second-order valence-electron chi connectivity index (χ2n) is 5.00. The molecule has 1 aromatic rings. The predicted molar refractivity (Wildman–Crippen MR) is 73.6 cm³/mol. The maximum absolute atomic E-state index is 4.54. The summed E-state index contributed by atoms with van der Waals surface area (Å²) in [4.78, 5) is 6.75. The van der Waals surface area contributed by atoms with Gasteiger partial charge in [-0.1, -0.05) is 13.3 Å². The molecular formula is C13H26N4. The molecule has 0 aliphatic rings. The van der Waals surface area contributed by atoms with Crippen molar-refractivity contribution in [2.24, 2.45) is 0 Å². The van der Waals surface area contributed by atoms with E-state index in [2.05, 4.69) is 53.9 Å². The van der Waals surface area contributed by atoms with E-state index in [4.69, 9.17) is 0 Å². The van der Waals surface area contributed by atoms with Crippen LogP contribution in [0.2, 0.25) is 0 Å². The molecular weight excluding hydrogens is 212 g/mol. The van der Waals surface area contributed by atoms with Crippen molar-refractivity contribution in [3.8, 4) is 0 Å². The van der Waals surface area contributed by atoms with Gasteiger partial charge in [0.05, 0.1) is 5.69 Å². The number of aryl methyl sites for hydroxylation is 1. The van der Waals surface area contributed by atoms with Crippen molar-refractivity contribution >= 4 is 5.95 Å². The lowest BCUT2D eigenvalue weighted by molar-refractivity contribution is 0.338. The molecule has 0 fully saturated rings. The van der Waals surface area contributed by atoms with Crippen LogP contribution in [0.1, 0.15) is 38.4 Å². The third kappa shape index (κ3) is 4.38. The molecule has 1 heterocycles. The smallest absolute Gasteiger partial charge is 0.203 e. The van der Waals surface area contributed by atoms with E-state index in [0.717, 1.165) is 24.7 Å². The molecule has 0 radical (unpaired) electrons. The Morgan fingerprint density at radius 1 is 1.47 bits per heavy atom. The van der Waals surface area contributed by atoms with E-state index in [1.165, 1.54) is 12.8 Å². The first kappa shape index (κ1) is 14.0. The number of anilines is 1. The molecule has 4 nitrogen and oxygen atoms in total. The van der Waals surface area contributed by atoms with Crippen molar-refractivity contribution in [3.63, 3.8) is 0 Å². The quantitative estimate of drug-likeness (QED) is 0.741. The summed E-state index contributed by atoms with van der Waals surface area (Å²) < 4.78 is 2.24. The van der Waals surface area contributed by atoms with Gasteiger partial charge >= 0.3 is 0 Å². The number of hydrogen-bond acceptors (Lipinski definition) is 3. The minimum atomic E-state index is 0.440. The highest BCUT2D eigenvalue weighted by atomic mass is 15.2. The topological polar surface area (TPSA) is 33.1 Å². The Morgan fingerprint density at radius 2 is 2.18 bits per heavy atom. The van der Waals surface area contributed by atoms with Crippen molar-refractivity contribution < 1.29 is 0 Å². The molecule has 1 N–H and O–H groups in total. The molecule has 0 bridgehead atoms. The van der Waals surface area contributed by atoms with Crippen LogP contribution in [0.15, 0.2) is 6.20 Å². The van der Waals surface area contributed by atoms with Gasteiger partial charge in [-0.25, -0.2) is 4.98 Å². The summed E-state index contributed by atoms with van der Waals surface area (Å²) in [6.07, 6.45) is 4.52. The maximum Gasteiger partial charge on any atom is 0.203 e. The van der Waals surface area contributed by atoms with Crippen LogP contribution < -0.4 is 5.32 Å². The van der Waals surface area contributed by atoms with Gasteiger partial charge in [-0.15, -0.1) is 0 Å². The Balaban J connectivity index is 2.69. The van der Waals surface area contributed by atoms with Crippen LogP contribution in [0.3, 0.4) is 0 Å².